The molecule has 0 unspecified atom stereocenters. The molecule has 0 amide bonds. The van der Waals surface area contributed by atoms with Crippen LogP contribution in [0.4, 0.5) is 0 Å². The molecule has 98 valence electrons. The molecule has 0 radical (unpaired) electrons. The third-order valence-corrected chi connectivity index (χ3v) is 3.98. The number of imidazole rings is 1. The van der Waals surface area contributed by atoms with E-state index < -0.39 is 0 Å². The van der Waals surface area contributed by atoms with Crippen LogP contribution in [0, 0.1) is 0 Å². The summed E-state index contributed by atoms with van der Waals surface area (Å²) in [5.41, 5.74) is 4.40. The van der Waals surface area contributed by atoms with Gasteiger partial charge < -0.3 is 4.98 Å². The number of H-pyrrole nitrogens is 1. The Morgan fingerprint density at radius 3 is 2.89 bits per heavy atom. The number of nitrogens with zero attached hydrogens (tertiary/aromatic N) is 3. The maximum absolute atomic E-state index is 4.65. The molecule has 0 fully saturated rings. The Labute approximate surface area is 116 Å². The molecule has 5 heteroatoms. The van der Waals surface area contributed by atoms with Gasteiger partial charge in [-0.25, -0.2) is 4.98 Å². The van der Waals surface area contributed by atoms with Crippen LogP contribution < -0.4 is 0 Å². The van der Waals surface area contributed by atoms with E-state index in [9.17, 15) is 0 Å². The van der Waals surface area contributed by atoms with Crippen LogP contribution >= 0.6 is 11.5 Å². The van der Waals surface area contributed by atoms with Gasteiger partial charge in [0.15, 0.2) is 5.82 Å². The first-order chi connectivity index (χ1) is 9.19. The van der Waals surface area contributed by atoms with E-state index in [1.54, 1.807) is 0 Å². The number of aryl methyl sites for hydroxylation is 1. The van der Waals surface area contributed by atoms with E-state index >= 15 is 0 Å². The fourth-order valence-corrected chi connectivity index (χ4v) is 2.89. The van der Waals surface area contributed by atoms with E-state index in [4.69, 9.17) is 0 Å². The normalized spacial score (nSPS) is 11.6. The van der Waals surface area contributed by atoms with Gasteiger partial charge in [-0.3, -0.25) is 0 Å². The highest BCUT2D eigenvalue weighted by Crippen LogP contribution is 2.30. The standard InChI is InChI=1S/C14H16N4S/c1-4-9-5-6-10-11(7-9)16-14(15-10)13-12(8(2)3)17-18-19-13/h5-8H,4H2,1-3H3,(H,15,16). The minimum Gasteiger partial charge on any atom is -0.337 e. The summed E-state index contributed by atoms with van der Waals surface area (Å²) in [5, 5.41) is 4.20. The van der Waals surface area contributed by atoms with Crippen molar-refractivity contribution >= 4 is 22.6 Å². The zero-order valence-electron chi connectivity index (χ0n) is 11.3. The van der Waals surface area contributed by atoms with E-state index in [-0.39, 0.29) is 0 Å². The predicted octanol–water partition coefficient (Wildman–Crippen LogP) is 3.77. The number of rotatable bonds is 3. The summed E-state index contributed by atoms with van der Waals surface area (Å²) in [7, 11) is 0. The van der Waals surface area contributed by atoms with Gasteiger partial charge in [-0.1, -0.05) is 31.3 Å². The topological polar surface area (TPSA) is 54.5 Å². The van der Waals surface area contributed by atoms with Crippen LogP contribution in [0.15, 0.2) is 18.2 Å². The molecular formula is C14H16N4S. The fraction of sp³-hybridized carbons (Fsp3) is 0.357. The molecule has 0 aliphatic heterocycles. The van der Waals surface area contributed by atoms with Gasteiger partial charge in [-0.15, -0.1) is 5.10 Å². The third kappa shape index (κ3) is 2.14. The predicted molar refractivity (Wildman–Crippen MR) is 78.5 cm³/mol. The van der Waals surface area contributed by atoms with Crippen LogP contribution in [0.5, 0.6) is 0 Å². The van der Waals surface area contributed by atoms with Gasteiger partial charge in [0, 0.05) is 0 Å². The third-order valence-electron chi connectivity index (χ3n) is 3.23. The van der Waals surface area contributed by atoms with Crippen molar-refractivity contribution in [2.75, 3.05) is 0 Å². The number of hydrogen-bond acceptors (Lipinski definition) is 4. The van der Waals surface area contributed by atoms with E-state index in [2.05, 4.69) is 58.5 Å². The van der Waals surface area contributed by atoms with Crippen LogP contribution in [0.2, 0.25) is 0 Å². The number of hydrogen-bond donors (Lipinski definition) is 1. The maximum atomic E-state index is 4.65. The van der Waals surface area contributed by atoms with Gasteiger partial charge in [-0.05, 0) is 41.6 Å². The highest BCUT2D eigenvalue weighted by atomic mass is 32.1. The number of fused-ring (bicyclic) bond motifs is 1. The molecule has 2 heterocycles. The van der Waals surface area contributed by atoms with E-state index in [0.29, 0.717) is 5.92 Å². The zero-order valence-corrected chi connectivity index (χ0v) is 12.1. The largest absolute Gasteiger partial charge is 0.337 e. The summed E-state index contributed by atoms with van der Waals surface area (Å²) in [4.78, 5) is 9.08. The minimum atomic E-state index is 0.355. The highest BCUT2D eigenvalue weighted by Gasteiger charge is 2.16. The second-order valence-corrected chi connectivity index (χ2v) is 5.69. The molecule has 4 nitrogen and oxygen atoms in total. The summed E-state index contributed by atoms with van der Waals surface area (Å²) in [6, 6.07) is 6.36. The van der Waals surface area contributed by atoms with Crippen molar-refractivity contribution in [3.8, 4) is 10.7 Å². The lowest BCUT2D eigenvalue weighted by Gasteiger charge is -2.00. The summed E-state index contributed by atoms with van der Waals surface area (Å²) >= 11 is 1.40. The molecule has 0 saturated heterocycles. The lowest BCUT2D eigenvalue weighted by Crippen LogP contribution is -1.91. The van der Waals surface area contributed by atoms with Crippen molar-refractivity contribution < 1.29 is 0 Å². The van der Waals surface area contributed by atoms with Crippen molar-refractivity contribution in [1.82, 2.24) is 19.6 Å². The second-order valence-electron chi connectivity index (χ2n) is 4.93. The Balaban J connectivity index is 2.12. The average molecular weight is 272 g/mol. The molecule has 3 rings (SSSR count). The van der Waals surface area contributed by atoms with Crippen molar-refractivity contribution in [1.29, 1.82) is 0 Å². The first-order valence-electron chi connectivity index (χ1n) is 6.50. The summed E-state index contributed by atoms with van der Waals surface area (Å²) < 4.78 is 4.06. The van der Waals surface area contributed by atoms with Crippen molar-refractivity contribution in [2.45, 2.75) is 33.1 Å². The molecule has 0 spiro atoms. The molecular weight excluding hydrogens is 256 g/mol. The molecule has 3 aromatic rings. The molecule has 0 aliphatic carbocycles. The average Bonchev–Trinajstić information content (AvgIpc) is 3.03. The Bertz CT molecular complexity index is 711. The zero-order chi connectivity index (χ0) is 13.4. The summed E-state index contributed by atoms with van der Waals surface area (Å²) in [6.45, 7) is 6.40. The van der Waals surface area contributed by atoms with Crippen LogP contribution in [-0.2, 0) is 6.42 Å². The number of aromatic amines is 1. The fourth-order valence-electron chi connectivity index (χ4n) is 2.12. The Morgan fingerprint density at radius 1 is 1.32 bits per heavy atom. The van der Waals surface area contributed by atoms with Crippen molar-refractivity contribution in [3.05, 3.63) is 29.5 Å². The monoisotopic (exact) mass is 272 g/mol. The van der Waals surface area contributed by atoms with Crippen LogP contribution in [0.3, 0.4) is 0 Å². The van der Waals surface area contributed by atoms with Crippen LogP contribution in [0.1, 0.15) is 37.9 Å². The van der Waals surface area contributed by atoms with Crippen LogP contribution in [-0.4, -0.2) is 19.6 Å². The maximum Gasteiger partial charge on any atom is 0.152 e. The minimum absolute atomic E-state index is 0.355. The molecule has 1 aromatic carbocycles. The lowest BCUT2D eigenvalue weighted by molar-refractivity contribution is 0.813. The number of nitrogens with one attached hydrogen (secondary N) is 1. The van der Waals surface area contributed by atoms with Gasteiger partial charge in [0.2, 0.25) is 0 Å². The summed E-state index contributed by atoms with van der Waals surface area (Å²) in [6.07, 6.45) is 1.03. The Morgan fingerprint density at radius 2 is 2.16 bits per heavy atom. The van der Waals surface area contributed by atoms with Gasteiger partial charge in [0.1, 0.15) is 4.88 Å². The van der Waals surface area contributed by atoms with E-state index in [1.165, 1.54) is 17.1 Å². The molecule has 0 bridgehead atoms. The molecule has 1 N–H and O–H groups in total. The molecule has 0 aliphatic rings. The molecule has 19 heavy (non-hydrogen) atoms. The van der Waals surface area contributed by atoms with E-state index in [1.807, 2.05) is 0 Å². The SMILES string of the molecule is CCc1ccc2nc(-c3snnc3C(C)C)[nH]c2c1. The lowest BCUT2D eigenvalue weighted by atomic mass is 10.1. The highest BCUT2D eigenvalue weighted by molar-refractivity contribution is 7.09. The van der Waals surface area contributed by atoms with Gasteiger partial charge in [0.25, 0.3) is 0 Å². The first-order valence-corrected chi connectivity index (χ1v) is 7.27. The Kier molecular flexibility index (Phi) is 3.06. The van der Waals surface area contributed by atoms with Crippen LogP contribution in [0.25, 0.3) is 21.7 Å². The smallest absolute Gasteiger partial charge is 0.152 e. The van der Waals surface area contributed by atoms with Crippen molar-refractivity contribution in [2.24, 2.45) is 0 Å². The number of aromatic nitrogens is 4. The van der Waals surface area contributed by atoms with Gasteiger partial charge >= 0.3 is 0 Å². The number of benzene rings is 1. The Hall–Kier alpha value is -1.75. The molecule has 0 atom stereocenters. The quantitative estimate of drug-likeness (QED) is 0.789. The second kappa shape index (κ2) is 4.74. The first kappa shape index (κ1) is 12.3. The van der Waals surface area contributed by atoms with E-state index in [0.717, 1.165) is 33.8 Å². The van der Waals surface area contributed by atoms with Gasteiger partial charge in [-0.2, -0.15) is 0 Å². The van der Waals surface area contributed by atoms with Crippen molar-refractivity contribution in [3.63, 3.8) is 0 Å². The van der Waals surface area contributed by atoms with Gasteiger partial charge in [0.05, 0.1) is 16.7 Å². The summed E-state index contributed by atoms with van der Waals surface area (Å²) in [5.74, 6) is 1.23. The molecule has 2 aromatic heterocycles. The molecule has 0 saturated carbocycles.